The maximum atomic E-state index is 12.8. The van der Waals surface area contributed by atoms with Gasteiger partial charge in [0.2, 0.25) is 0 Å². The molecule has 138 valence electrons. The molecule has 28 heavy (non-hydrogen) atoms. The fourth-order valence-electron chi connectivity index (χ4n) is 3.46. The third-order valence-electron chi connectivity index (χ3n) is 4.89. The van der Waals surface area contributed by atoms with Crippen molar-refractivity contribution in [3.8, 4) is 0 Å². The molecule has 0 saturated heterocycles. The van der Waals surface area contributed by atoms with Crippen LogP contribution in [0.1, 0.15) is 15.9 Å². The number of hydrogen-bond donors (Lipinski definition) is 2. The zero-order chi connectivity index (χ0) is 19.5. The molecule has 4 aromatic carbocycles. The number of fused-ring (bicyclic) bond motifs is 2. The molecule has 0 spiro atoms. The molecule has 0 bridgehead atoms. The Labute approximate surface area is 162 Å². The van der Waals surface area contributed by atoms with Gasteiger partial charge >= 0.3 is 5.97 Å². The number of nitrogens with one attached hydrogen (secondary N) is 1. The summed E-state index contributed by atoms with van der Waals surface area (Å²) >= 11 is 0. The van der Waals surface area contributed by atoms with Crippen LogP contribution in [0.2, 0.25) is 0 Å². The van der Waals surface area contributed by atoms with Gasteiger partial charge in [-0.15, -0.1) is 0 Å². The predicted octanol–water partition coefficient (Wildman–Crippen LogP) is 4.42. The van der Waals surface area contributed by atoms with E-state index in [0.29, 0.717) is 5.56 Å². The first-order valence-electron chi connectivity index (χ1n) is 9.11. The van der Waals surface area contributed by atoms with Crippen molar-refractivity contribution in [3.63, 3.8) is 0 Å². The molecular weight excluding hydrogens is 350 g/mol. The van der Waals surface area contributed by atoms with Crippen molar-refractivity contribution < 1.29 is 14.7 Å². The number of amides is 1. The van der Waals surface area contributed by atoms with E-state index in [4.69, 9.17) is 0 Å². The van der Waals surface area contributed by atoms with Crippen molar-refractivity contribution >= 4 is 33.4 Å². The standard InChI is InChI=1S/C24H19NO3/c26-23(21-11-5-9-18-7-3-4-10-20(18)21)25-22(24(27)28)15-16-12-13-17-6-1-2-8-19(17)14-16/h1-14,22H,15H2,(H,25,26)(H,27,28)/t22-/m1/s1. The minimum absolute atomic E-state index is 0.219. The molecule has 0 fully saturated rings. The zero-order valence-corrected chi connectivity index (χ0v) is 15.1. The topological polar surface area (TPSA) is 66.4 Å². The fraction of sp³-hybridized carbons (Fsp3) is 0.0833. The number of benzene rings is 4. The number of carboxylic acid groups (broad SMARTS) is 1. The molecule has 0 aliphatic carbocycles. The summed E-state index contributed by atoms with van der Waals surface area (Å²) in [5.74, 6) is -1.44. The lowest BCUT2D eigenvalue weighted by atomic mass is 10.0. The Morgan fingerprint density at radius 1 is 0.786 bits per heavy atom. The van der Waals surface area contributed by atoms with Gasteiger partial charge in [-0.05, 0) is 33.2 Å². The predicted molar refractivity (Wildman–Crippen MR) is 110 cm³/mol. The quantitative estimate of drug-likeness (QED) is 0.547. The molecular formula is C24H19NO3. The largest absolute Gasteiger partial charge is 0.480 e. The van der Waals surface area contributed by atoms with E-state index < -0.39 is 12.0 Å². The van der Waals surface area contributed by atoms with Crippen molar-refractivity contribution in [2.45, 2.75) is 12.5 Å². The molecule has 0 unspecified atom stereocenters. The first kappa shape index (κ1) is 17.7. The van der Waals surface area contributed by atoms with Gasteiger partial charge in [0.15, 0.2) is 0 Å². The van der Waals surface area contributed by atoms with E-state index in [1.807, 2.05) is 72.8 Å². The van der Waals surface area contributed by atoms with E-state index in [0.717, 1.165) is 27.1 Å². The van der Waals surface area contributed by atoms with E-state index in [1.165, 1.54) is 0 Å². The molecule has 2 N–H and O–H groups in total. The van der Waals surface area contributed by atoms with Crippen LogP contribution in [0.5, 0.6) is 0 Å². The number of aliphatic carboxylic acids is 1. The van der Waals surface area contributed by atoms with Crippen LogP contribution in [0.15, 0.2) is 84.9 Å². The van der Waals surface area contributed by atoms with Crippen LogP contribution < -0.4 is 5.32 Å². The van der Waals surface area contributed by atoms with E-state index in [2.05, 4.69) is 5.32 Å². The molecule has 0 heterocycles. The summed E-state index contributed by atoms with van der Waals surface area (Å²) in [6.45, 7) is 0. The first-order chi connectivity index (χ1) is 13.6. The van der Waals surface area contributed by atoms with Gasteiger partial charge in [-0.2, -0.15) is 0 Å². The van der Waals surface area contributed by atoms with Gasteiger partial charge in [-0.3, -0.25) is 4.79 Å². The van der Waals surface area contributed by atoms with E-state index in [-0.39, 0.29) is 12.3 Å². The Morgan fingerprint density at radius 2 is 1.46 bits per heavy atom. The van der Waals surface area contributed by atoms with Gasteiger partial charge in [0.05, 0.1) is 0 Å². The highest BCUT2D eigenvalue weighted by Gasteiger charge is 2.22. The Balaban J connectivity index is 1.59. The molecule has 4 aromatic rings. The van der Waals surface area contributed by atoms with Crippen LogP contribution in [0.25, 0.3) is 21.5 Å². The third kappa shape index (κ3) is 3.58. The molecule has 4 nitrogen and oxygen atoms in total. The van der Waals surface area contributed by atoms with Crippen molar-refractivity contribution in [3.05, 3.63) is 96.1 Å². The molecule has 0 saturated carbocycles. The molecule has 0 aromatic heterocycles. The van der Waals surface area contributed by atoms with Crippen molar-refractivity contribution in [2.24, 2.45) is 0 Å². The lowest BCUT2D eigenvalue weighted by molar-refractivity contribution is -0.139. The van der Waals surface area contributed by atoms with E-state index >= 15 is 0 Å². The van der Waals surface area contributed by atoms with E-state index in [1.54, 1.807) is 12.1 Å². The number of hydrogen-bond acceptors (Lipinski definition) is 2. The lowest BCUT2D eigenvalue weighted by Crippen LogP contribution is -2.42. The summed E-state index contributed by atoms with van der Waals surface area (Å²) in [4.78, 5) is 24.6. The number of carbonyl (C=O) groups is 2. The van der Waals surface area contributed by atoms with Crippen LogP contribution in [0.3, 0.4) is 0 Å². The van der Waals surface area contributed by atoms with Crippen LogP contribution in [-0.4, -0.2) is 23.0 Å². The highest BCUT2D eigenvalue weighted by atomic mass is 16.4. The molecule has 4 heteroatoms. The number of rotatable bonds is 5. The molecule has 0 aliphatic rings. The van der Waals surface area contributed by atoms with Gasteiger partial charge in [0, 0.05) is 12.0 Å². The Hall–Kier alpha value is -3.66. The molecule has 0 aliphatic heterocycles. The van der Waals surface area contributed by atoms with Crippen molar-refractivity contribution in [2.75, 3.05) is 0 Å². The molecule has 0 radical (unpaired) electrons. The molecule has 1 amide bonds. The second-order valence-corrected chi connectivity index (χ2v) is 6.78. The van der Waals surface area contributed by atoms with Crippen LogP contribution in [0, 0.1) is 0 Å². The maximum absolute atomic E-state index is 12.8. The summed E-state index contributed by atoms with van der Waals surface area (Å²) in [7, 11) is 0. The molecule has 1 atom stereocenters. The van der Waals surface area contributed by atoms with Crippen LogP contribution in [-0.2, 0) is 11.2 Å². The molecule has 4 rings (SSSR count). The highest BCUT2D eigenvalue weighted by Crippen LogP contribution is 2.20. The number of carbonyl (C=O) groups excluding carboxylic acids is 1. The van der Waals surface area contributed by atoms with Gasteiger partial charge < -0.3 is 10.4 Å². The Kier molecular flexibility index (Phi) is 4.77. The summed E-state index contributed by atoms with van der Waals surface area (Å²) in [6.07, 6.45) is 0.219. The third-order valence-corrected chi connectivity index (χ3v) is 4.89. The Bertz CT molecular complexity index is 1180. The normalized spacial score (nSPS) is 12.0. The minimum Gasteiger partial charge on any atom is -0.480 e. The van der Waals surface area contributed by atoms with Gasteiger partial charge in [0.1, 0.15) is 6.04 Å². The number of carboxylic acids is 1. The summed E-state index contributed by atoms with van der Waals surface area (Å²) < 4.78 is 0. The lowest BCUT2D eigenvalue weighted by Gasteiger charge is -2.16. The van der Waals surface area contributed by atoms with E-state index in [9.17, 15) is 14.7 Å². The summed E-state index contributed by atoms with van der Waals surface area (Å²) in [5.41, 5.74) is 1.34. The first-order valence-corrected chi connectivity index (χ1v) is 9.11. The second-order valence-electron chi connectivity index (χ2n) is 6.78. The zero-order valence-electron chi connectivity index (χ0n) is 15.1. The maximum Gasteiger partial charge on any atom is 0.326 e. The van der Waals surface area contributed by atoms with Crippen LogP contribution >= 0.6 is 0 Å². The second kappa shape index (κ2) is 7.53. The minimum atomic E-state index is -1.05. The van der Waals surface area contributed by atoms with Gasteiger partial charge in [-0.1, -0.05) is 78.9 Å². The van der Waals surface area contributed by atoms with Gasteiger partial charge in [-0.25, -0.2) is 4.79 Å². The smallest absolute Gasteiger partial charge is 0.326 e. The van der Waals surface area contributed by atoms with Gasteiger partial charge in [0.25, 0.3) is 5.91 Å². The monoisotopic (exact) mass is 369 g/mol. The van der Waals surface area contributed by atoms with Crippen molar-refractivity contribution in [1.29, 1.82) is 0 Å². The average molecular weight is 369 g/mol. The summed E-state index contributed by atoms with van der Waals surface area (Å²) in [6, 6.07) is 25.8. The van der Waals surface area contributed by atoms with Crippen molar-refractivity contribution in [1.82, 2.24) is 5.32 Å². The average Bonchev–Trinajstić information content (AvgIpc) is 2.72. The fourth-order valence-corrected chi connectivity index (χ4v) is 3.46. The highest BCUT2D eigenvalue weighted by molar-refractivity contribution is 6.07. The summed E-state index contributed by atoms with van der Waals surface area (Å²) in [5, 5.41) is 16.2. The van der Waals surface area contributed by atoms with Crippen LogP contribution in [0.4, 0.5) is 0 Å². The SMILES string of the molecule is O=C(N[C@H](Cc1ccc2ccccc2c1)C(=O)O)c1cccc2ccccc12. The Morgan fingerprint density at radius 3 is 2.25 bits per heavy atom.